The van der Waals surface area contributed by atoms with E-state index >= 15 is 0 Å². The highest BCUT2D eigenvalue weighted by molar-refractivity contribution is 8.18. The molecule has 2 aromatic rings. The monoisotopic (exact) mass is 387 g/mol. The van der Waals surface area contributed by atoms with Crippen molar-refractivity contribution in [2.45, 2.75) is 17.7 Å². The molecule has 0 bridgehead atoms. The number of aryl methyl sites for hydroxylation is 1. The molecule has 0 saturated carbocycles. The second-order valence-electron chi connectivity index (χ2n) is 5.83. The third-order valence-electron chi connectivity index (χ3n) is 3.90. The summed E-state index contributed by atoms with van der Waals surface area (Å²) in [4.78, 5) is 23.2. The van der Waals surface area contributed by atoms with Gasteiger partial charge in [-0.3, -0.25) is 14.9 Å². The lowest BCUT2D eigenvalue weighted by Crippen LogP contribution is -2.17. The predicted octanol–water partition coefficient (Wildman–Crippen LogP) is 3.42. The van der Waals surface area contributed by atoms with Gasteiger partial charge in [-0.15, -0.1) is 0 Å². The minimum Gasteiger partial charge on any atom is -0.282 e. The van der Waals surface area contributed by atoms with Gasteiger partial charge in [0.2, 0.25) is 0 Å². The van der Waals surface area contributed by atoms with Crippen LogP contribution in [0.15, 0.2) is 64.4 Å². The van der Waals surface area contributed by atoms with Gasteiger partial charge in [-0.05, 0) is 53.9 Å². The van der Waals surface area contributed by atoms with E-state index < -0.39 is 21.0 Å². The topological polar surface area (TPSA) is 80.3 Å². The van der Waals surface area contributed by atoms with E-state index in [0.29, 0.717) is 23.3 Å². The number of rotatable bonds is 6. The third kappa shape index (κ3) is 4.62. The van der Waals surface area contributed by atoms with E-state index in [1.54, 1.807) is 18.2 Å². The Labute approximate surface area is 156 Å². The average molecular weight is 387 g/mol. The van der Waals surface area contributed by atoms with Crippen LogP contribution in [0, 0.1) is 0 Å². The molecule has 0 atom stereocenters. The lowest BCUT2D eigenvalue weighted by atomic mass is 10.1. The Hall–Kier alpha value is -2.38. The molecule has 5 nitrogen and oxygen atoms in total. The summed E-state index contributed by atoms with van der Waals surface area (Å²) in [5, 5.41) is 1.78. The van der Waals surface area contributed by atoms with E-state index in [0.717, 1.165) is 17.3 Å². The van der Waals surface area contributed by atoms with Gasteiger partial charge < -0.3 is 0 Å². The van der Waals surface area contributed by atoms with Gasteiger partial charge in [0, 0.05) is 0 Å². The Morgan fingerprint density at radius 3 is 2.27 bits per heavy atom. The zero-order chi connectivity index (χ0) is 18.6. The number of amides is 2. The highest BCUT2D eigenvalue weighted by Crippen LogP contribution is 2.26. The molecule has 0 radical (unpaired) electrons. The molecule has 3 rings (SSSR count). The standard InChI is InChI=1S/C19H17NO4S2/c21-18-17(25-19(22)20-18)13-15-8-10-16(11-9-15)26(23,24)12-4-7-14-5-2-1-3-6-14/h1-3,5-6,8-11,13H,4,7,12H2,(H,20,21,22). The number of benzene rings is 2. The number of sulfone groups is 1. The summed E-state index contributed by atoms with van der Waals surface area (Å²) >= 11 is 0.831. The number of hydrogen-bond acceptors (Lipinski definition) is 5. The van der Waals surface area contributed by atoms with E-state index in [1.807, 2.05) is 30.3 Å². The van der Waals surface area contributed by atoms with E-state index in [4.69, 9.17) is 0 Å². The largest absolute Gasteiger partial charge is 0.290 e. The van der Waals surface area contributed by atoms with Crippen molar-refractivity contribution < 1.29 is 18.0 Å². The van der Waals surface area contributed by atoms with Crippen molar-refractivity contribution in [2.24, 2.45) is 0 Å². The minimum atomic E-state index is -3.35. The molecule has 7 heteroatoms. The van der Waals surface area contributed by atoms with Gasteiger partial charge >= 0.3 is 0 Å². The molecule has 1 N–H and O–H groups in total. The minimum absolute atomic E-state index is 0.0785. The number of nitrogens with one attached hydrogen (secondary N) is 1. The van der Waals surface area contributed by atoms with Gasteiger partial charge in [0.05, 0.1) is 15.6 Å². The van der Waals surface area contributed by atoms with E-state index in [1.165, 1.54) is 12.1 Å². The quantitative estimate of drug-likeness (QED) is 0.768. The Balaban J connectivity index is 1.64. The Kier molecular flexibility index (Phi) is 5.58. The maximum absolute atomic E-state index is 12.4. The molecular formula is C19H17NO4S2. The van der Waals surface area contributed by atoms with Crippen molar-refractivity contribution in [3.05, 3.63) is 70.6 Å². The number of hydrogen-bond donors (Lipinski definition) is 1. The molecule has 134 valence electrons. The van der Waals surface area contributed by atoms with Gasteiger partial charge in [-0.1, -0.05) is 42.5 Å². The van der Waals surface area contributed by atoms with Gasteiger partial charge in [-0.2, -0.15) is 0 Å². The van der Waals surface area contributed by atoms with Gasteiger partial charge in [0.1, 0.15) is 0 Å². The molecule has 1 fully saturated rings. The molecule has 2 amide bonds. The molecule has 0 unspecified atom stereocenters. The fourth-order valence-electron chi connectivity index (χ4n) is 2.57. The maximum Gasteiger partial charge on any atom is 0.290 e. The first kappa shape index (κ1) is 18.4. The van der Waals surface area contributed by atoms with Crippen LogP contribution < -0.4 is 5.32 Å². The van der Waals surface area contributed by atoms with Crippen LogP contribution in [-0.2, 0) is 21.1 Å². The summed E-state index contributed by atoms with van der Waals surface area (Å²) in [5.74, 6) is -0.354. The number of carbonyl (C=O) groups excluding carboxylic acids is 2. The summed E-state index contributed by atoms with van der Waals surface area (Å²) in [6, 6.07) is 16.1. The second-order valence-corrected chi connectivity index (χ2v) is 8.95. The molecule has 1 aliphatic heterocycles. The first-order valence-corrected chi connectivity index (χ1v) is 10.5. The van der Waals surface area contributed by atoms with Crippen molar-refractivity contribution in [2.75, 3.05) is 5.75 Å². The van der Waals surface area contributed by atoms with Gasteiger partial charge in [0.15, 0.2) is 9.84 Å². The van der Waals surface area contributed by atoms with Crippen LogP contribution in [0.3, 0.4) is 0 Å². The van der Waals surface area contributed by atoms with Gasteiger partial charge in [0.25, 0.3) is 11.1 Å². The van der Waals surface area contributed by atoms with Crippen LogP contribution in [0.5, 0.6) is 0 Å². The molecule has 26 heavy (non-hydrogen) atoms. The van der Waals surface area contributed by atoms with Crippen LogP contribution in [0.4, 0.5) is 4.79 Å². The van der Waals surface area contributed by atoms with E-state index in [-0.39, 0.29) is 10.6 Å². The van der Waals surface area contributed by atoms with Crippen LogP contribution in [-0.4, -0.2) is 25.3 Å². The molecular weight excluding hydrogens is 370 g/mol. The normalized spacial score (nSPS) is 16.1. The molecule has 1 saturated heterocycles. The first-order chi connectivity index (χ1) is 12.4. The summed E-state index contributed by atoms with van der Waals surface area (Å²) < 4.78 is 24.9. The van der Waals surface area contributed by atoms with Crippen LogP contribution in [0.2, 0.25) is 0 Å². The summed E-state index contributed by atoms with van der Waals surface area (Å²) in [7, 11) is -3.35. The van der Waals surface area contributed by atoms with E-state index in [2.05, 4.69) is 5.32 Å². The van der Waals surface area contributed by atoms with Crippen LogP contribution in [0.25, 0.3) is 6.08 Å². The maximum atomic E-state index is 12.4. The fraction of sp³-hybridized carbons (Fsp3) is 0.158. The van der Waals surface area contributed by atoms with Crippen molar-refractivity contribution in [3.8, 4) is 0 Å². The Morgan fingerprint density at radius 1 is 0.962 bits per heavy atom. The fourth-order valence-corrected chi connectivity index (χ4v) is 4.57. The van der Waals surface area contributed by atoms with Crippen molar-refractivity contribution in [3.63, 3.8) is 0 Å². The molecule has 0 aliphatic carbocycles. The second kappa shape index (κ2) is 7.88. The van der Waals surface area contributed by atoms with Crippen LogP contribution in [0.1, 0.15) is 17.5 Å². The van der Waals surface area contributed by atoms with Crippen molar-refractivity contribution >= 4 is 38.8 Å². The third-order valence-corrected chi connectivity index (χ3v) is 6.53. The SMILES string of the molecule is O=C1NC(=O)C(=Cc2ccc(S(=O)(=O)CCCc3ccccc3)cc2)S1. The summed E-state index contributed by atoms with van der Waals surface area (Å²) in [6.07, 6.45) is 2.83. The van der Waals surface area contributed by atoms with Crippen LogP contribution >= 0.6 is 11.8 Å². The highest BCUT2D eigenvalue weighted by atomic mass is 32.2. The molecule has 0 spiro atoms. The number of carbonyl (C=O) groups is 2. The molecule has 1 heterocycles. The summed E-state index contributed by atoms with van der Waals surface area (Å²) in [6.45, 7) is 0. The Morgan fingerprint density at radius 2 is 1.65 bits per heavy atom. The predicted molar refractivity (Wildman–Crippen MR) is 102 cm³/mol. The lowest BCUT2D eigenvalue weighted by Gasteiger charge is -2.05. The van der Waals surface area contributed by atoms with E-state index in [9.17, 15) is 18.0 Å². The lowest BCUT2D eigenvalue weighted by molar-refractivity contribution is -0.115. The average Bonchev–Trinajstić information content (AvgIpc) is 2.93. The van der Waals surface area contributed by atoms with Gasteiger partial charge in [-0.25, -0.2) is 8.42 Å². The first-order valence-electron chi connectivity index (χ1n) is 8.06. The number of imide groups is 1. The molecule has 2 aromatic carbocycles. The Bertz CT molecular complexity index is 949. The van der Waals surface area contributed by atoms with Crippen molar-refractivity contribution in [1.82, 2.24) is 5.32 Å². The zero-order valence-electron chi connectivity index (χ0n) is 13.8. The van der Waals surface area contributed by atoms with Crippen molar-refractivity contribution in [1.29, 1.82) is 0 Å². The zero-order valence-corrected chi connectivity index (χ0v) is 15.5. The summed E-state index contributed by atoms with van der Waals surface area (Å²) in [5.41, 5.74) is 1.78. The molecule has 0 aromatic heterocycles. The smallest absolute Gasteiger partial charge is 0.282 e. The number of thioether (sulfide) groups is 1. The highest BCUT2D eigenvalue weighted by Gasteiger charge is 2.25. The molecule has 1 aliphatic rings.